The fraction of sp³-hybridized carbons (Fsp3) is 0.923. The molecule has 1 heterocycles. The first-order valence-electron chi connectivity index (χ1n) is 6.98. The number of ether oxygens (including phenoxy) is 1. The number of carbonyl (C=O) groups is 1. The maximum Gasteiger partial charge on any atom is 0.324 e. The molecular formula is C13H27N3O2. The van der Waals surface area contributed by atoms with Crippen LogP contribution in [0.25, 0.3) is 0 Å². The summed E-state index contributed by atoms with van der Waals surface area (Å²) in [7, 11) is 2.15. The van der Waals surface area contributed by atoms with E-state index >= 15 is 0 Å². The number of nitrogens with one attached hydrogen (secondary N) is 1. The van der Waals surface area contributed by atoms with E-state index in [4.69, 9.17) is 4.74 Å². The molecule has 0 bridgehead atoms. The Labute approximate surface area is 110 Å². The Morgan fingerprint density at radius 3 is 2.72 bits per heavy atom. The van der Waals surface area contributed by atoms with Gasteiger partial charge in [0.05, 0.1) is 6.61 Å². The second-order valence-corrected chi connectivity index (χ2v) is 4.82. The molecule has 0 aromatic carbocycles. The van der Waals surface area contributed by atoms with Crippen LogP contribution in [0.4, 0.5) is 0 Å². The summed E-state index contributed by atoms with van der Waals surface area (Å²) in [4.78, 5) is 16.5. The van der Waals surface area contributed by atoms with Crippen LogP contribution >= 0.6 is 0 Å². The number of carbonyl (C=O) groups excluding carboxylic acids is 1. The fourth-order valence-corrected chi connectivity index (χ4v) is 2.25. The summed E-state index contributed by atoms with van der Waals surface area (Å²) in [5, 5.41) is 3.22. The highest BCUT2D eigenvalue weighted by Crippen LogP contribution is 2.03. The van der Waals surface area contributed by atoms with Crippen LogP contribution in [-0.2, 0) is 9.53 Å². The molecule has 0 saturated carbocycles. The predicted molar refractivity (Wildman–Crippen MR) is 72.7 cm³/mol. The molecule has 18 heavy (non-hydrogen) atoms. The van der Waals surface area contributed by atoms with E-state index < -0.39 is 0 Å². The summed E-state index contributed by atoms with van der Waals surface area (Å²) in [5.41, 5.74) is 0. The van der Waals surface area contributed by atoms with Crippen molar-refractivity contribution in [3.05, 3.63) is 0 Å². The number of hydrogen-bond donors (Lipinski definition) is 1. The molecule has 1 rings (SSSR count). The van der Waals surface area contributed by atoms with Gasteiger partial charge in [-0.1, -0.05) is 6.92 Å². The Morgan fingerprint density at radius 2 is 2.06 bits per heavy atom. The molecule has 106 valence electrons. The lowest BCUT2D eigenvalue weighted by molar-refractivity contribution is -0.146. The Morgan fingerprint density at radius 1 is 1.28 bits per heavy atom. The Hall–Kier alpha value is -0.650. The zero-order valence-corrected chi connectivity index (χ0v) is 11.9. The topological polar surface area (TPSA) is 44.8 Å². The first kappa shape index (κ1) is 15.4. The van der Waals surface area contributed by atoms with E-state index in [1.165, 1.54) is 0 Å². The molecule has 1 N–H and O–H groups in total. The second-order valence-electron chi connectivity index (χ2n) is 4.82. The molecule has 1 atom stereocenters. The highest BCUT2D eigenvalue weighted by atomic mass is 16.5. The van der Waals surface area contributed by atoms with Crippen LogP contribution in [0.15, 0.2) is 0 Å². The molecule has 1 fully saturated rings. The number of likely N-dealkylation sites (N-methyl/N-ethyl adjacent to an activating group) is 2. The molecule has 1 aliphatic heterocycles. The van der Waals surface area contributed by atoms with Gasteiger partial charge in [0.25, 0.3) is 0 Å². The summed E-state index contributed by atoms with van der Waals surface area (Å²) < 4.78 is 5.11. The molecule has 1 unspecified atom stereocenters. The monoisotopic (exact) mass is 257 g/mol. The number of rotatable bonds is 6. The van der Waals surface area contributed by atoms with Gasteiger partial charge in [-0.3, -0.25) is 9.69 Å². The normalized spacial score (nSPS) is 20.4. The predicted octanol–water partition coefficient (Wildman–Crippen LogP) is 0.165. The average molecular weight is 257 g/mol. The van der Waals surface area contributed by atoms with Crippen molar-refractivity contribution in [1.29, 1.82) is 0 Å². The van der Waals surface area contributed by atoms with Gasteiger partial charge < -0.3 is 15.0 Å². The largest absolute Gasteiger partial charge is 0.465 e. The first-order valence-corrected chi connectivity index (χ1v) is 6.98. The van der Waals surface area contributed by atoms with E-state index in [0.29, 0.717) is 6.61 Å². The zero-order valence-electron chi connectivity index (χ0n) is 11.9. The molecule has 0 aromatic heterocycles. The first-order chi connectivity index (χ1) is 8.67. The number of nitrogens with zero attached hydrogens (tertiary/aromatic N) is 2. The molecular weight excluding hydrogens is 230 g/mol. The highest BCUT2D eigenvalue weighted by Gasteiger charge is 2.22. The fourth-order valence-electron chi connectivity index (χ4n) is 2.25. The summed E-state index contributed by atoms with van der Waals surface area (Å²) >= 11 is 0. The van der Waals surface area contributed by atoms with E-state index in [9.17, 15) is 4.79 Å². The van der Waals surface area contributed by atoms with E-state index in [1.807, 2.05) is 13.8 Å². The third-order valence-corrected chi connectivity index (χ3v) is 3.27. The van der Waals surface area contributed by atoms with Crippen molar-refractivity contribution >= 4 is 5.97 Å². The van der Waals surface area contributed by atoms with Gasteiger partial charge in [0.1, 0.15) is 6.04 Å². The SMILES string of the molecule is CCNC(CN1CCCN(C)CC1)C(=O)OCC. The minimum Gasteiger partial charge on any atom is -0.465 e. The Bertz CT molecular complexity index is 248. The van der Waals surface area contributed by atoms with Gasteiger partial charge in [-0.05, 0) is 40.0 Å². The minimum absolute atomic E-state index is 0.128. The Balaban J connectivity index is 2.46. The van der Waals surface area contributed by atoms with Crippen LogP contribution in [0.1, 0.15) is 20.3 Å². The summed E-state index contributed by atoms with van der Waals surface area (Å²) in [6.45, 7) is 10.2. The summed E-state index contributed by atoms with van der Waals surface area (Å²) in [5.74, 6) is -0.128. The number of hydrogen-bond acceptors (Lipinski definition) is 5. The summed E-state index contributed by atoms with van der Waals surface area (Å²) in [6, 6.07) is -0.196. The van der Waals surface area contributed by atoms with Crippen LogP contribution in [0.2, 0.25) is 0 Å². The molecule has 0 aromatic rings. The van der Waals surface area contributed by atoms with E-state index in [-0.39, 0.29) is 12.0 Å². The summed E-state index contributed by atoms with van der Waals surface area (Å²) in [6.07, 6.45) is 1.16. The van der Waals surface area contributed by atoms with Crippen molar-refractivity contribution in [2.24, 2.45) is 0 Å². The van der Waals surface area contributed by atoms with Crippen LogP contribution < -0.4 is 5.32 Å². The lowest BCUT2D eigenvalue weighted by atomic mass is 10.2. The molecule has 0 radical (unpaired) electrons. The van der Waals surface area contributed by atoms with Gasteiger partial charge in [-0.25, -0.2) is 0 Å². The van der Waals surface area contributed by atoms with E-state index in [0.717, 1.165) is 45.7 Å². The van der Waals surface area contributed by atoms with Crippen molar-refractivity contribution < 1.29 is 9.53 Å². The molecule has 0 aliphatic carbocycles. The van der Waals surface area contributed by atoms with Gasteiger partial charge in [-0.15, -0.1) is 0 Å². The van der Waals surface area contributed by atoms with Gasteiger partial charge in [0.15, 0.2) is 0 Å². The maximum absolute atomic E-state index is 11.8. The lowest BCUT2D eigenvalue weighted by Gasteiger charge is -2.25. The highest BCUT2D eigenvalue weighted by molar-refractivity contribution is 5.76. The van der Waals surface area contributed by atoms with Gasteiger partial charge in [0, 0.05) is 19.6 Å². The van der Waals surface area contributed by atoms with Crippen molar-refractivity contribution in [3.8, 4) is 0 Å². The molecule has 5 nitrogen and oxygen atoms in total. The molecule has 0 spiro atoms. The van der Waals surface area contributed by atoms with Crippen LogP contribution in [-0.4, -0.2) is 74.7 Å². The third-order valence-electron chi connectivity index (χ3n) is 3.27. The zero-order chi connectivity index (χ0) is 13.4. The maximum atomic E-state index is 11.8. The Kier molecular flexibility index (Phi) is 7.23. The van der Waals surface area contributed by atoms with E-state index in [1.54, 1.807) is 0 Å². The van der Waals surface area contributed by atoms with Crippen molar-refractivity contribution in [1.82, 2.24) is 15.1 Å². The lowest BCUT2D eigenvalue weighted by Crippen LogP contribution is -2.47. The third kappa shape index (κ3) is 5.33. The smallest absolute Gasteiger partial charge is 0.324 e. The van der Waals surface area contributed by atoms with E-state index in [2.05, 4.69) is 22.2 Å². The van der Waals surface area contributed by atoms with Gasteiger partial charge in [-0.2, -0.15) is 0 Å². The quantitative estimate of drug-likeness (QED) is 0.687. The minimum atomic E-state index is -0.196. The molecule has 0 amide bonds. The van der Waals surface area contributed by atoms with Crippen LogP contribution in [0.5, 0.6) is 0 Å². The standard InChI is InChI=1S/C13H27N3O2/c1-4-14-12(13(17)18-5-2)11-16-8-6-7-15(3)9-10-16/h12,14H,4-11H2,1-3H3. The van der Waals surface area contributed by atoms with Gasteiger partial charge in [0.2, 0.25) is 0 Å². The second kappa shape index (κ2) is 8.45. The average Bonchev–Trinajstić information content (AvgIpc) is 2.54. The molecule has 5 heteroatoms. The molecule has 1 aliphatic rings. The van der Waals surface area contributed by atoms with Crippen molar-refractivity contribution in [3.63, 3.8) is 0 Å². The van der Waals surface area contributed by atoms with Crippen LogP contribution in [0.3, 0.4) is 0 Å². The molecule has 1 saturated heterocycles. The number of esters is 1. The van der Waals surface area contributed by atoms with Crippen LogP contribution in [0, 0.1) is 0 Å². The van der Waals surface area contributed by atoms with Gasteiger partial charge >= 0.3 is 5.97 Å². The van der Waals surface area contributed by atoms with Crippen molar-refractivity contribution in [2.75, 3.05) is 52.9 Å². The van der Waals surface area contributed by atoms with Crippen molar-refractivity contribution in [2.45, 2.75) is 26.3 Å².